The van der Waals surface area contributed by atoms with Gasteiger partial charge in [-0.15, -0.1) is 11.6 Å². The maximum Gasteiger partial charge on any atom is 0.161 e. The first-order valence-electron chi connectivity index (χ1n) is 6.22. The van der Waals surface area contributed by atoms with Gasteiger partial charge in [-0.2, -0.15) is 5.26 Å². The molecule has 0 amide bonds. The van der Waals surface area contributed by atoms with Gasteiger partial charge in [0.05, 0.1) is 18.7 Å². The van der Waals surface area contributed by atoms with Gasteiger partial charge in [-0.05, 0) is 29.8 Å². The number of nitriles is 1. The molecular formula is C16H13Cl2NO2. The molecule has 0 spiro atoms. The number of hydrogen-bond donors (Lipinski definition) is 0. The van der Waals surface area contributed by atoms with Gasteiger partial charge >= 0.3 is 0 Å². The molecule has 0 fully saturated rings. The van der Waals surface area contributed by atoms with Crippen molar-refractivity contribution in [1.82, 2.24) is 0 Å². The quantitative estimate of drug-likeness (QED) is 0.759. The van der Waals surface area contributed by atoms with Crippen LogP contribution in [-0.4, -0.2) is 7.11 Å². The minimum Gasteiger partial charge on any atom is -0.493 e. The molecule has 2 aromatic rings. The summed E-state index contributed by atoms with van der Waals surface area (Å²) < 4.78 is 11.0. The predicted molar refractivity (Wildman–Crippen MR) is 83.1 cm³/mol. The molecule has 0 saturated heterocycles. The lowest BCUT2D eigenvalue weighted by atomic mass is 10.1. The smallest absolute Gasteiger partial charge is 0.161 e. The van der Waals surface area contributed by atoms with Crippen LogP contribution in [0.3, 0.4) is 0 Å². The number of benzene rings is 2. The van der Waals surface area contributed by atoms with E-state index in [2.05, 4.69) is 0 Å². The van der Waals surface area contributed by atoms with Gasteiger partial charge in [-0.3, -0.25) is 0 Å². The molecule has 0 heterocycles. The summed E-state index contributed by atoms with van der Waals surface area (Å²) in [5.74, 6) is 1.66. The zero-order valence-corrected chi connectivity index (χ0v) is 12.9. The van der Waals surface area contributed by atoms with E-state index in [9.17, 15) is 0 Å². The molecule has 0 aromatic heterocycles. The van der Waals surface area contributed by atoms with Crippen LogP contribution in [0.4, 0.5) is 0 Å². The predicted octanol–water partition coefficient (Wildman–Crippen LogP) is 4.54. The van der Waals surface area contributed by atoms with E-state index in [4.69, 9.17) is 37.9 Å². The molecule has 0 saturated carbocycles. The number of ether oxygens (including phenoxy) is 2. The Bertz CT molecular complexity index is 680. The maximum absolute atomic E-state index is 8.81. The van der Waals surface area contributed by atoms with Crippen molar-refractivity contribution < 1.29 is 9.47 Å². The molecule has 5 heteroatoms. The summed E-state index contributed by atoms with van der Waals surface area (Å²) >= 11 is 11.9. The molecule has 0 N–H and O–H groups in total. The van der Waals surface area contributed by atoms with Gasteiger partial charge < -0.3 is 9.47 Å². The molecule has 0 bridgehead atoms. The second-order valence-electron chi connectivity index (χ2n) is 4.33. The lowest BCUT2D eigenvalue weighted by Gasteiger charge is -2.12. The molecule has 0 aliphatic heterocycles. The zero-order valence-electron chi connectivity index (χ0n) is 11.4. The SMILES string of the molecule is COc1cc(CCl)ccc1OCc1ccc(C#N)cc1Cl. The summed E-state index contributed by atoms with van der Waals surface area (Å²) in [5, 5.41) is 9.32. The van der Waals surface area contributed by atoms with Gasteiger partial charge in [0.2, 0.25) is 0 Å². The van der Waals surface area contributed by atoms with Gasteiger partial charge in [0, 0.05) is 16.5 Å². The topological polar surface area (TPSA) is 42.2 Å². The molecule has 3 nitrogen and oxygen atoms in total. The number of hydrogen-bond acceptors (Lipinski definition) is 3. The second kappa shape index (κ2) is 7.21. The molecule has 108 valence electrons. The molecule has 0 unspecified atom stereocenters. The Morgan fingerprint density at radius 3 is 2.57 bits per heavy atom. The van der Waals surface area contributed by atoms with Crippen molar-refractivity contribution in [3.05, 3.63) is 58.1 Å². The summed E-state index contributed by atoms with van der Waals surface area (Å²) in [7, 11) is 1.58. The van der Waals surface area contributed by atoms with E-state index in [1.165, 1.54) is 0 Å². The van der Waals surface area contributed by atoms with E-state index < -0.39 is 0 Å². The van der Waals surface area contributed by atoms with Gasteiger partial charge in [0.15, 0.2) is 11.5 Å². The van der Waals surface area contributed by atoms with E-state index in [-0.39, 0.29) is 0 Å². The normalized spacial score (nSPS) is 10.0. The molecule has 0 atom stereocenters. The Morgan fingerprint density at radius 1 is 1.14 bits per heavy atom. The van der Waals surface area contributed by atoms with Crippen LogP contribution >= 0.6 is 23.2 Å². The highest BCUT2D eigenvalue weighted by Gasteiger charge is 2.08. The summed E-state index contributed by atoms with van der Waals surface area (Å²) in [6.07, 6.45) is 0. The van der Waals surface area contributed by atoms with Crippen LogP contribution in [0, 0.1) is 11.3 Å². The molecule has 2 rings (SSSR count). The van der Waals surface area contributed by atoms with Crippen LogP contribution in [-0.2, 0) is 12.5 Å². The van der Waals surface area contributed by atoms with E-state index in [1.54, 1.807) is 25.3 Å². The van der Waals surface area contributed by atoms with Crippen molar-refractivity contribution in [1.29, 1.82) is 5.26 Å². The average molecular weight is 322 g/mol. The molecule has 2 aromatic carbocycles. The zero-order chi connectivity index (χ0) is 15.2. The molecule has 0 radical (unpaired) electrons. The first-order valence-corrected chi connectivity index (χ1v) is 7.13. The second-order valence-corrected chi connectivity index (χ2v) is 5.00. The van der Waals surface area contributed by atoms with Crippen molar-refractivity contribution in [3.63, 3.8) is 0 Å². The minimum atomic E-state index is 0.293. The van der Waals surface area contributed by atoms with Crippen molar-refractivity contribution in [2.24, 2.45) is 0 Å². The number of nitrogens with zero attached hydrogens (tertiary/aromatic N) is 1. The molecular weight excluding hydrogens is 309 g/mol. The molecule has 21 heavy (non-hydrogen) atoms. The Hall–Kier alpha value is -1.89. The Labute approximate surface area is 133 Å². The van der Waals surface area contributed by atoms with Gasteiger partial charge in [0.1, 0.15) is 6.61 Å². The van der Waals surface area contributed by atoms with Gasteiger partial charge in [-0.25, -0.2) is 0 Å². The highest BCUT2D eigenvalue weighted by atomic mass is 35.5. The summed E-state index contributed by atoms with van der Waals surface area (Å²) in [4.78, 5) is 0. The monoisotopic (exact) mass is 321 g/mol. The van der Waals surface area contributed by atoms with Crippen LogP contribution in [0.2, 0.25) is 5.02 Å². The number of rotatable bonds is 5. The first-order chi connectivity index (χ1) is 10.2. The number of methoxy groups -OCH3 is 1. The maximum atomic E-state index is 8.81. The van der Waals surface area contributed by atoms with Crippen molar-refractivity contribution in [3.8, 4) is 17.6 Å². The van der Waals surface area contributed by atoms with Crippen LogP contribution in [0.5, 0.6) is 11.5 Å². The Morgan fingerprint density at radius 2 is 1.95 bits per heavy atom. The van der Waals surface area contributed by atoms with E-state index in [1.807, 2.05) is 24.3 Å². The number of alkyl halides is 1. The fourth-order valence-corrected chi connectivity index (χ4v) is 2.21. The summed E-state index contributed by atoms with van der Waals surface area (Å²) in [6, 6.07) is 12.7. The standard InChI is InChI=1S/C16H13Cl2NO2/c1-20-16-7-11(8-17)3-5-15(16)21-10-13-4-2-12(9-19)6-14(13)18/h2-7H,8,10H2,1H3. The fraction of sp³-hybridized carbons (Fsp3) is 0.188. The van der Waals surface area contributed by atoms with Crippen molar-refractivity contribution >= 4 is 23.2 Å². The van der Waals surface area contributed by atoms with Gasteiger partial charge in [-0.1, -0.05) is 23.7 Å². The van der Waals surface area contributed by atoms with Crippen LogP contribution in [0.15, 0.2) is 36.4 Å². The first kappa shape index (κ1) is 15.5. The largest absolute Gasteiger partial charge is 0.493 e. The summed E-state index contributed by atoms with van der Waals surface area (Å²) in [6.45, 7) is 0.293. The molecule has 0 aliphatic carbocycles. The fourth-order valence-electron chi connectivity index (χ4n) is 1.80. The highest BCUT2D eigenvalue weighted by Crippen LogP contribution is 2.30. The Kier molecular flexibility index (Phi) is 5.32. The third-order valence-electron chi connectivity index (χ3n) is 2.95. The van der Waals surface area contributed by atoms with Crippen LogP contribution in [0.1, 0.15) is 16.7 Å². The van der Waals surface area contributed by atoms with Crippen molar-refractivity contribution in [2.75, 3.05) is 7.11 Å². The van der Waals surface area contributed by atoms with E-state index in [0.717, 1.165) is 11.1 Å². The van der Waals surface area contributed by atoms with Crippen LogP contribution in [0.25, 0.3) is 0 Å². The van der Waals surface area contributed by atoms with Crippen molar-refractivity contribution in [2.45, 2.75) is 12.5 Å². The summed E-state index contributed by atoms with van der Waals surface area (Å²) in [5.41, 5.74) is 2.28. The lowest BCUT2D eigenvalue weighted by Crippen LogP contribution is -1.99. The third-order valence-corrected chi connectivity index (χ3v) is 3.61. The average Bonchev–Trinajstić information content (AvgIpc) is 2.53. The highest BCUT2D eigenvalue weighted by molar-refractivity contribution is 6.31. The lowest BCUT2D eigenvalue weighted by molar-refractivity contribution is 0.284. The van der Waals surface area contributed by atoms with Crippen LogP contribution < -0.4 is 9.47 Å². The van der Waals surface area contributed by atoms with E-state index in [0.29, 0.717) is 34.6 Å². The Balaban J connectivity index is 2.15. The van der Waals surface area contributed by atoms with Gasteiger partial charge in [0.25, 0.3) is 0 Å². The van der Waals surface area contributed by atoms with E-state index >= 15 is 0 Å². The number of halogens is 2. The minimum absolute atomic E-state index is 0.293. The third kappa shape index (κ3) is 3.81. The molecule has 0 aliphatic rings.